The third-order valence-corrected chi connectivity index (χ3v) is 7.87. The average Bonchev–Trinajstić information content (AvgIpc) is 2.94. The Balaban J connectivity index is 0.00000216. The molecule has 1 atom stereocenters. The van der Waals surface area contributed by atoms with E-state index in [1.54, 1.807) is 0 Å². The number of nitrogens with one attached hydrogen (secondary N) is 1. The number of anilines is 1. The molecule has 2 heterocycles. The summed E-state index contributed by atoms with van der Waals surface area (Å²) in [5, 5.41) is 11.6. The highest BCUT2D eigenvalue weighted by Crippen LogP contribution is 2.21. The lowest BCUT2D eigenvalue weighted by Crippen LogP contribution is -2.37. The minimum atomic E-state index is -3.85. The first kappa shape index (κ1) is 29.2. The van der Waals surface area contributed by atoms with Gasteiger partial charge in [0.2, 0.25) is 20.0 Å². The van der Waals surface area contributed by atoms with Gasteiger partial charge < -0.3 is 5.11 Å². The number of nitrogens with zero attached hydrogens (tertiary/aromatic N) is 3. The molecular weight excluding hydrogens is 535 g/mol. The summed E-state index contributed by atoms with van der Waals surface area (Å²) < 4.78 is 52.6. The lowest BCUT2D eigenvalue weighted by atomic mass is 10.2. The first-order valence-electron chi connectivity index (χ1n) is 10.4. The number of para-hydroxylation sites is 1. The van der Waals surface area contributed by atoms with Crippen molar-refractivity contribution >= 4 is 61.5 Å². The maximum absolute atomic E-state index is 13.1. The normalized spacial score (nSPS) is 17.7. The van der Waals surface area contributed by atoms with Gasteiger partial charge in [-0.2, -0.15) is 4.31 Å². The summed E-state index contributed by atoms with van der Waals surface area (Å²) in [7, 11) is -7.31. The molecule has 0 saturated carbocycles. The lowest BCUT2D eigenvalue weighted by molar-refractivity contribution is 0.119. The van der Waals surface area contributed by atoms with Crippen LogP contribution in [-0.4, -0.2) is 74.7 Å². The van der Waals surface area contributed by atoms with E-state index in [9.17, 15) is 21.9 Å². The Bertz CT molecular complexity index is 1360. The van der Waals surface area contributed by atoms with Gasteiger partial charge in [-0.1, -0.05) is 24.3 Å². The van der Waals surface area contributed by atoms with Crippen LogP contribution in [0.1, 0.15) is 5.69 Å². The molecule has 1 aliphatic rings. The van der Waals surface area contributed by atoms with Crippen molar-refractivity contribution in [2.75, 3.05) is 37.2 Å². The molecule has 1 aliphatic heterocycles. The number of sulfonamides is 2. The number of pyridine rings is 1. The van der Waals surface area contributed by atoms with Crippen LogP contribution in [-0.2, 0) is 26.6 Å². The van der Waals surface area contributed by atoms with Crippen LogP contribution >= 0.6 is 24.8 Å². The topological polar surface area (TPSA) is 120 Å². The Morgan fingerprint density at radius 1 is 0.943 bits per heavy atom. The summed E-state index contributed by atoms with van der Waals surface area (Å²) in [5.41, 5.74) is 2.02. The van der Waals surface area contributed by atoms with Crippen molar-refractivity contribution in [3.05, 3.63) is 66.4 Å². The fourth-order valence-corrected chi connectivity index (χ4v) is 5.90. The first-order valence-corrected chi connectivity index (χ1v) is 13.8. The number of hydrogen-bond donors (Lipinski definition) is 2. The number of rotatable bonds is 6. The first-order chi connectivity index (χ1) is 15.6. The summed E-state index contributed by atoms with van der Waals surface area (Å²) in [6, 6.07) is 17.3. The van der Waals surface area contributed by atoms with E-state index >= 15 is 0 Å². The van der Waals surface area contributed by atoms with Crippen LogP contribution in [0.25, 0.3) is 10.9 Å². The van der Waals surface area contributed by atoms with Crippen LogP contribution in [0.15, 0.2) is 65.6 Å². The van der Waals surface area contributed by atoms with E-state index in [1.807, 2.05) is 41.3 Å². The van der Waals surface area contributed by atoms with Gasteiger partial charge in [0.05, 0.1) is 28.5 Å². The van der Waals surface area contributed by atoms with Gasteiger partial charge in [0.1, 0.15) is 0 Å². The highest BCUT2D eigenvalue weighted by molar-refractivity contribution is 7.92. The monoisotopic (exact) mass is 562 g/mol. The van der Waals surface area contributed by atoms with Crippen LogP contribution in [0.5, 0.6) is 0 Å². The van der Waals surface area contributed by atoms with Crippen molar-refractivity contribution in [3.63, 3.8) is 0 Å². The Labute approximate surface area is 218 Å². The van der Waals surface area contributed by atoms with E-state index in [0.29, 0.717) is 19.6 Å². The molecule has 0 bridgehead atoms. The van der Waals surface area contributed by atoms with E-state index < -0.39 is 26.2 Å². The van der Waals surface area contributed by atoms with Crippen molar-refractivity contribution in [3.8, 4) is 0 Å². The SMILES string of the molecule is CS(=O)(=O)Nc1ccc(S(=O)(=O)N2CCN(Cc3ccc4ccccc4n3)CC(O)C2)cc1.Cl.Cl. The van der Waals surface area contributed by atoms with E-state index in [4.69, 9.17) is 0 Å². The number of β-amino-alcohol motifs (C(OH)–C–C–N with tert-alkyl or cyclic N) is 1. The molecule has 2 aromatic carbocycles. The molecule has 1 unspecified atom stereocenters. The summed E-state index contributed by atoms with van der Waals surface area (Å²) in [4.78, 5) is 6.71. The maximum atomic E-state index is 13.1. The van der Waals surface area contributed by atoms with Gasteiger partial charge in [0.15, 0.2) is 0 Å². The molecular formula is C22H28Cl2N4O5S2. The largest absolute Gasteiger partial charge is 0.390 e. The fourth-order valence-electron chi connectivity index (χ4n) is 3.87. The van der Waals surface area contributed by atoms with Crippen molar-refractivity contribution < 1.29 is 21.9 Å². The molecule has 35 heavy (non-hydrogen) atoms. The van der Waals surface area contributed by atoms with Gasteiger partial charge >= 0.3 is 0 Å². The molecule has 0 spiro atoms. The quantitative estimate of drug-likeness (QED) is 0.473. The number of hydrogen-bond acceptors (Lipinski definition) is 7. The summed E-state index contributed by atoms with van der Waals surface area (Å²) in [6.07, 6.45) is 0.170. The third kappa shape index (κ3) is 7.50. The van der Waals surface area contributed by atoms with E-state index in [0.717, 1.165) is 22.9 Å². The molecule has 9 nitrogen and oxygen atoms in total. The predicted molar refractivity (Wildman–Crippen MR) is 141 cm³/mol. The van der Waals surface area contributed by atoms with Crippen LogP contribution in [0.4, 0.5) is 5.69 Å². The average molecular weight is 564 g/mol. The number of halogens is 2. The molecule has 192 valence electrons. The van der Waals surface area contributed by atoms with Crippen molar-refractivity contribution in [2.24, 2.45) is 0 Å². The van der Waals surface area contributed by atoms with Gasteiger partial charge in [-0.25, -0.2) is 16.8 Å². The highest BCUT2D eigenvalue weighted by atomic mass is 35.5. The smallest absolute Gasteiger partial charge is 0.243 e. The third-order valence-electron chi connectivity index (χ3n) is 5.39. The van der Waals surface area contributed by atoms with Gasteiger partial charge in [-0.05, 0) is 36.4 Å². The highest BCUT2D eigenvalue weighted by Gasteiger charge is 2.30. The molecule has 1 saturated heterocycles. The van der Waals surface area contributed by atoms with Crippen LogP contribution in [0, 0.1) is 0 Å². The lowest BCUT2D eigenvalue weighted by Gasteiger charge is -2.21. The second-order valence-electron chi connectivity index (χ2n) is 8.15. The zero-order chi connectivity index (χ0) is 23.6. The van der Waals surface area contributed by atoms with Crippen molar-refractivity contribution in [1.29, 1.82) is 0 Å². The molecule has 0 amide bonds. The number of benzene rings is 2. The maximum Gasteiger partial charge on any atom is 0.243 e. The second kappa shape index (κ2) is 11.8. The minimum absolute atomic E-state index is 0. The number of aliphatic hydroxyl groups excluding tert-OH is 1. The summed E-state index contributed by atoms with van der Waals surface area (Å²) in [6.45, 7) is 1.47. The molecule has 0 radical (unpaired) electrons. The minimum Gasteiger partial charge on any atom is -0.390 e. The van der Waals surface area contributed by atoms with Crippen LogP contribution in [0.2, 0.25) is 0 Å². The Morgan fingerprint density at radius 2 is 1.63 bits per heavy atom. The summed E-state index contributed by atoms with van der Waals surface area (Å²) in [5.74, 6) is 0. The van der Waals surface area contributed by atoms with Crippen LogP contribution < -0.4 is 4.72 Å². The molecule has 1 aromatic heterocycles. The second-order valence-corrected chi connectivity index (χ2v) is 11.8. The molecule has 2 N–H and O–H groups in total. The van der Waals surface area contributed by atoms with Gasteiger partial charge in [0, 0.05) is 43.8 Å². The van der Waals surface area contributed by atoms with E-state index in [-0.39, 0.29) is 48.5 Å². The van der Waals surface area contributed by atoms with Crippen LogP contribution in [0.3, 0.4) is 0 Å². The zero-order valence-corrected chi connectivity index (χ0v) is 22.2. The van der Waals surface area contributed by atoms with Gasteiger partial charge in [0.25, 0.3) is 0 Å². The molecule has 0 aliphatic carbocycles. The Kier molecular flexibility index (Phi) is 9.88. The fraction of sp³-hybridized carbons (Fsp3) is 0.318. The molecule has 3 aromatic rings. The Hall–Kier alpha value is -1.99. The van der Waals surface area contributed by atoms with E-state index in [2.05, 4.69) is 9.71 Å². The standard InChI is InChI=1S/C22H26N4O5S2.2ClH/c1-32(28,29)24-18-8-10-21(11-9-18)33(30,31)26-13-12-25(15-20(27)16-26)14-19-7-6-17-4-2-3-5-22(17)23-19;;/h2-11,20,24,27H,12-16H2,1H3;2*1H. The van der Waals surface area contributed by atoms with Crippen molar-refractivity contribution in [1.82, 2.24) is 14.2 Å². The predicted octanol–water partition coefficient (Wildman–Crippen LogP) is 2.32. The van der Waals surface area contributed by atoms with Gasteiger partial charge in [-0.3, -0.25) is 14.6 Å². The molecule has 13 heteroatoms. The summed E-state index contributed by atoms with van der Waals surface area (Å²) >= 11 is 0. The number of aliphatic hydroxyl groups is 1. The number of aromatic nitrogens is 1. The Morgan fingerprint density at radius 3 is 2.31 bits per heavy atom. The molecule has 4 rings (SSSR count). The molecule has 1 fully saturated rings. The van der Waals surface area contributed by atoms with Gasteiger partial charge in [-0.15, -0.1) is 24.8 Å². The zero-order valence-electron chi connectivity index (χ0n) is 18.9. The van der Waals surface area contributed by atoms with Crippen molar-refractivity contribution in [2.45, 2.75) is 17.5 Å². The number of fused-ring (bicyclic) bond motifs is 1. The van der Waals surface area contributed by atoms with E-state index in [1.165, 1.54) is 28.6 Å².